The van der Waals surface area contributed by atoms with Crippen molar-refractivity contribution >= 4 is 16.5 Å². The van der Waals surface area contributed by atoms with Crippen LogP contribution in [0.3, 0.4) is 0 Å². The van der Waals surface area contributed by atoms with Crippen molar-refractivity contribution in [2.45, 2.75) is 25.3 Å². The Morgan fingerprint density at radius 1 is 1.22 bits per heavy atom. The lowest BCUT2D eigenvalue weighted by Gasteiger charge is -2.31. The maximum Gasteiger partial charge on any atom is 0.185 e. The van der Waals surface area contributed by atoms with E-state index in [1.165, 1.54) is 23.4 Å². The van der Waals surface area contributed by atoms with E-state index in [2.05, 4.69) is 37.2 Å². The Bertz CT molecular complexity index is 600. The number of aromatic amines is 1. The van der Waals surface area contributed by atoms with Gasteiger partial charge >= 0.3 is 0 Å². The first-order valence-corrected chi connectivity index (χ1v) is 9.19. The van der Waals surface area contributed by atoms with Gasteiger partial charge in [0.1, 0.15) is 0 Å². The van der Waals surface area contributed by atoms with Crippen LogP contribution in [0.2, 0.25) is 0 Å². The lowest BCUT2D eigenvalue weighted by molar-refractivity contribution is 0.122. The molecule has 0 bridgehead atoms. The zero-order valence-corrected chi connectivity index (χ0v) is 14.1. The van der Waals surface area contributed by atoms with Gasteiger partial charge in [-0.25, -0.2) is 4.98 Å². The Morgan fingerprint density at radius 3 is 2.78 bits per heavy atom. The largest absolute Gasteiger partial charge is 0.378 e. The summed E-state index contributed by atoms with van der Waals surface area (Å²) in [5, 5.41) is 8.34. The van der Waals surface area contributed by atoms with Gasteiger partial charge in [0.05, 0.1) is 13.2 Å². The van der Waals surface area contributed by atoms with Crippen molar-refractivity contribution in [1.82, 2.24) is 20.1 Å². The fraction of sp³-hybridized carbons (Fsp3) is 0.625. The number of likely N-dealkylation sites (tertiary alicyclic amines) is 1. The molecule has 124 valence electrons. The SMILES string of the molecule is c1cc(C2CCN(Cc3cnc(N4CCOCC4)s3)CC2)[nH]n1. The van der Waals surface area contributed by atoms with Crippen molar-refractivity contribution in [2.24, 2.45) is 0 Å². The number of rotatable bonds is 4. The second kappa shape index (κ2) is 6.98. The van der Waals surface area contributed by atoms with E-state index in [0.717, 1.165) is 51.1 Å². The van der Waals surface area contributed by atoms with Crippen LogP contribution < -0.4 is 4.90 Å². The molecular weight excluding hydrogens is 310 g/mol. The smallest absolute Gasteiger partial charge is 0.185 e. The zero-order chi connectivity index (χ0) is 15.5. The Kier molecular flexibility index (Phi) is 4.59. The molecule has 2 aliphatic heterocycles. The van der Waals surface area contributed by atoms with E-state index in [9.17, 15) is 0 Å². The molecule has 0 amide bonds. The van der Waals surface area contributed by atoms with E-state index in [1.54, 1.807) is 0 Å². The fourth-order valence-corrected chi connectivity index (χ4v) is 4.39. The molecular formula is C16H23N5OS. The molecule has 2 aromatic heterocycles. The van der Waals surface area contributed by atoms with Crippen LogP contribution in [0.25, 0.3) is 0 Å². The summed E-state index contributed by atoms with van der Waals surface area (Å²) in [7, 11) is 0. The highest BCUT2D eigenvalue weighted by Gasteiger charge is 2.22. The normalized spacial score (nSPS) is 21.0. The van der Waals surface area contributed by atoms with Crippen molar-refractivity contribution in [1.29, 1.82) is 0 Å². The van der Waals surface area contributed by atoms with Crippen molar-refractivity contribution in [3.05, 3.63) is 29.0 Å². The van der Waals surface area contributed by atoms with Crippen LogP contribution in [0.5, 0.6) is 0 Å². The summed E-state index contributed by atoms with van der Waals surface area (Å²) in [6.07, 6.45) is 6.32. The van der Waals surface area contributed by atoms with E-state index in [1.807, 2.05) is 17.5 Å². The van der Waals surface area contributed by atoms with Crippen LogP contribution in [0.1, 0.15) is 29.3 Å². The number of piperidine rings is 1. The van der Waals surface area contributed by atoms with Crippen LogP contribution in [0.15, 0.2) is 18.5 Å². The Balaban J connectivity index is 1.30. The number of H-pyrrole nitrogens is 1. The maximum atomic E-state index is 5.41. The van der Waals surface area contributed by atoms with Gasteiger partial charge < -0.3 is 9.64 Å². The quantitative estimate of drug-likeness (QED) is 0.928. The van der Waals surface area contributed by atoms with Gasteiger partial charge in [-0.15, -0.1) is 11.3 Å². The predicted molar refractivity (Wildman–Crippen MR) is 91.0 cm³/mol. The lowest BCUT2D eigenvalue weighted by atomic mass is 9.94. The summed E-state index contributed by atoms with van der Waals surface area (Å²) < 4.78 is 5.41. The van der Waals surface area contributed by atoms with Crippen LogP contribution in [-0.2, 0) is 11.3 Å². The predicted octanol–water partition coefficient (Wildman–Crippen LogP) is 2.08. The Hall–Kier alpha value is -1.44. The molecule has 0 saturated carbocycles. The molecule has 4 rings (SSSR count). The van der Waals surface area contributed by atoms with Crippen LogP contribution in [0, 0.1) is 0 Å². The molecule has 4 heterocycles. The van der Waals surface area contributed by atoms with Crippen LogP contribution in [-0.4, -0.2) is 59.5 Å². The average molecular weight is 333 g/mol. The number of nitrogens with zero attached hydrogens (tertiary/aromatic N) is 4. The molecule has 2 saturated heterocycles. The number of anilines is 1. The first-order chi connectivity index (χ1) is 11.4. The summed E-state index contributed by atoms with van der Waals surface area (Å²) in [6.45, 7) is 6.87. The summed E-state index contributed by atoms with van der Waals surface area (Å²) >= 11 is 1.83. The molecule has 23 heavy (non-hydrogen) atoms. The first-order valence-electron chi connectivity index (χ1n) is 8.37. The Labute approximate surface area is 140 Å². The van der Waals surface area contributed by atoms with Crippen LogP contribution in [0.4, 0.5) is 5.13 Å². The van der Waals surface area contributed by atoms with Gasteiger partial charge in [-0.05, 0) is 32.0 Å². The van der Waals surface area contributed by atoms with Gasteiger partial charge in [0, 0.05) is 48.5 Å². The minimum Gasteiger partial charge on any atom is -0.378 e. The molecule has 6 nitrogen and oxygen atoms in total. The number of ether oxygens (including phenoxy) is 1. The molecule has 2 fully saturated rings. The number of aromatic nitrogens is 3. The van der Waals surface area contributed by atoms with Crippen molar-refractivity contribution in [3.63, 3.8) is 0 Å². The summed E-state index contributed by atoms with van der Waals surface area (Å²) in [4.78, 5) is 10.9. The highest BCUT2D eigenvalue weighted by Crippen LogP contribution is 2.29. The molecule has 0 spiro atoms. The standard InChI is InChI=1S/C16H23N5OS/c1-4-18-19-15(1)13-2-5-20(6-3-13)12-14-11-17-16(23-14)21-7-9-22-10-8-21/h1,4,11,13H,2-3,5-10,12H2,(H,18,19). The minimum atomic E-state index is 0.638. The van der Waals surface area contributed by atoms with Gasteiger partial charge in [0.25, 0.3) is 0 Å². The third-order valence-corrected chi connectivity index (χ3v) is 5.79. The molecule has 1 N–H and O–H groups in total. The monoisotopic (exact) mass is 333 g/mol. The summed E-state index contributed by atoms with van der Waals surface area (Å²) in [6, 6.07) is 2.11. The minimum absolute atomic E-state index is 0.638. The molecule has 0 unspecified atom stereocenters. The lowest BCUT2D eigenvalue weighted by Crippen LogP contribution is -2.36. The number of hydrogen-bond donors (Lipinski definition) is 1. The highest BCUT2D eigenvalue weighted by atomic mass is 32.1. The summed E-state index contributed by atoms with van der Waals surface area (Å²) in [5.41, 5.74) is 1.29. The van der Waals surface area contributed by atoms with E-state index >= 15 is 0 Å². The molecule has 2 aliphatic rings. The fourth-order valence-electron chi connectivity index (χ4n) is 3.39. The summed E-state index contributed by atoms with van der Waals surface area (Å²) in [5.74, 6) is 0.638. The third kappa shape index (κ3) is 3.57. The van der Waals surface area contributed by atoms with E-state index in [0.29, 0.717) is 5.92 Å². The molecule has 2 aromatic rings. The highest BCUT2D eigenvalue weighted by molar-refractivity contribution is 7.15. The number of thiazole rings is 1. The van der Waals surface area contributed by atoms with Crippen molar-refractivity contribution < 1.29 is 4.74 Å². The van der Waals surface area contributed by atoms with Crippen molar-refractivity contribution in [2.75, 3.05) is 44.3 Å². The molecule has 7 heteroatoms. The number of morpholine rings is 1. The second-order valence-electron chi connectivity index (χ2n) is 6.27. The first kappa shape index (κ1) is 15.1. The zero-order valence-electron chi connectivity index (χ0n) is 13.3. The third-order valence-electron chi connectivity index (χ3n) is 4.75. The van der Waals surface area contributed by atoms with Gasteiger partial charge in [-0.2, -0.15) is 5.10 Å². The molecule has 0 atom stereocenters. The topological polar surface area (TPSA) is 57.3 Å². The maximum absolute atomic E-state index is 5.41. The van der Waals surface area contributed by atoms with E-state index in [4.69, 9.17) is 4.74 Å². The molecule has 0 aliphatic carbocycles. The van der Waals surface area contributed by atoms with Gasteiger partial charge in [0.2, 0.25) is 0 Å². The second-order valence-corrected chi connectivity index (χ2v) is 7.36. The van der Waals surface area contributed by atoms with E-state index < -0.39 is 0 Å². The van der Waals surface area contributed by atoms with Gasteiger partial charge in [-0.3, -0.25) is 10.00 Å². The molecule has 0 radical (unpaired) electrons. The Morgan fingerprint density at radius 2 is 2.04 bits per heavy atom. The van der Waals surface area contributed by atoms with Crippen LogP contribution >= 0.6 is 11.3 Å². The van der Waals surface area contributed by atoms with Gasteiger partial charge in [0.15, 0.2) is 5.13 Å². The average Bonchev–Trinajstić information content (AvgIpc) is 3.28. The number of nitrogens with one attached hydrogen (secondary N) is 1. The number of hydrogen-bond acceptors (Lipinski definition) is 6. The van der Waals surface area contributed by atoms with E-state index in [-0.39, 0.29) is 0 Å². The van der Waals surface area contributed by atoms with Crippen molar-refractivity contribution in [3.8, 4) is 0 Å². The molecule has 0 aromatic carbocycles. The van der Waals surface area contributed by atoms with Gasteiger partial charge in [-0.1, -0.05) is 0 Å².